The molecule has 9 heavy (non-hydrogen) atoms. The van der Waals surface area contributed by atoms with Gasteiger partial charge in [-0.2, -0.15) is 0 Å². The molecule has 0 aliphatic rings. The van der Waals surface area contributed by atoms with E-state index in [0.717, 1.165) is 0 Å². The lowest BCUT2D eigenvalue weighted by Gasteiger charge is -1.11. The maximum absolute atomic E-state index is 8.44. The first-order valence-corrected chi connectivity index (χ1v) is 3.00. The number of rotatable bonds is 0. The quantitative estimate of drug-likeness (QED) is 0.392. The molecule has 0 heterocycles. The summed E-state index contributed by atoms with van der Waals surface area (Å²) in [6.07, 6.45) is 0. The van der Waals surface area contributed by atoms with E-state index in [0.29, 0.717) is 0 Å². The summed E-state index contributed by atoms with van der Waals surface area (Å²) in [4.78, 5) is 0. The van der Waals surface area contributed by atoms with Crippen molar-refractivity contribution in [3.63, 3.8) is 0 Å². The summed E-state index contributed by atoms with van der Waals surface area (Å²) < 4.78 is 50.7. The molecule has 0 atom stereocenters. The lowest BCUT2D eigenvalue weighted by molar-refractivity contribution is 0.557. The first-order valence-electron chi connectivity index (χ1n) is 1.00. The molecule has 0 saturated heterocycles. The molecule has 0 aliphatic carbocycles. The van der Waals surface area contributed by atoms with Gasteiger partial charge in [0.05, 0.1) is 0 Å². The van der Waals surface area contributed by atoms with E-state index < -0.39 is 21.2 Å². The summed E-state index contributed by atoms with van der Waals surface area (Å²) in [6.45, 7) is 0. The third-order valence-corrected chi connectivity index (χ3v) is 0. The van der Waals surface area contributed by atoms with Crippen LogP contribution in [0, 0.1) is 0 Å². The Bertz CT molecular complexity index is 176. The third-order valence-electron chi connectivity index (χ3n) is 0. The highest BCUT2D eigenvalue weighted by Crippen LogP contribution is 1.07. The normalized spacial score (nSPS) is 5.33. The molecule has 0 saturated carbocycles. The first kappa shape index (κ1) is 15.7. The Labute approximate surface area is 52.7 Å². The van der Waals surface area contributed by atoms with Crippen LogP contribution < -0.4 is 0 Å². The zero-order valence-electron chi connectivity index (χ0n) is 3.77. The molecule has 0 aromatic carbocycles. The van der Waals surface area contributed by atoms with Crippen LogP contribution in [0.25, 0.3) is 0 Å². The fourth-order valence-corrected chi connectivity index (χ4v) is 0. The van der Waals surface area contributed by atoms with E-state index in [2.05, 4.69) is 0 Å². The van der Waals surface area contributed by atoms with Crippen LogP contribution in [0.3, 0.4) is 0 Å². The van der Waals surface area contributed by atoms with Gasteiger partial charge in [0.2, 0.25) is 0 Å². The van der Waals surface area contributed by atoms with Crippen molar-refractivity contribution in [3.05, 3.63) is 0 Å². The van der Waals surface area contributed by atoms with Crippen LogP contribution in [0.15, 0.2) is 0 Å². The van der Waals surface area contributed by atoms with E-state index in [1.165, 1.54) is 0 Å². The molecule has 9 heteroatoms. The van der Waals surface area contributed by atoms with Crippen LogP contribution in [0.5, 0.6) is 0 Å². The maximum Gasteiger partial charge on any atom is 0.425 e. The van der Waals surface area contributed by atoms with E-state index in [1.54, 1.807) is 0 Å². The summed E-state index contributed by atoms with van der Waals surface area (Å²) in [5, 5.41) is 0. The van der Waals surface area contributed by atoms with E-state index >= 15 is 0 Å². The summed E-state index contributed by atoms with van der Waals surface area (Å²) in [6, 6.07) is 0. The van der Waals surface area contributed by atoms with Crippen molar-refractivity contribution < 1.29 is 30.7 Å². The molecule has 0 aromatic rings. The molecule has 0 fully saturated rings. The van der Waals surface area contributed by atoms with Crippen LogP contribution in [-0.2, 0) is 21.2 Å². The average molecular weight is 178 g/mol. The van der Waals surface area contributed by atoms with Gasteiger partial charge in [0.1, 0.15) is 0 Å². The second-order valence-electron chi connectivity index (χ2n) is 0.408. The van der Waals surface area contributed by atoms with Gasteiger partial charge in [-0.05, 0) is 0 Å². The minimum absolute atomic E-state index is 0. The SMILES string of the molecule is O.O=S(=O)=O.O=S(=O)=O. The zero-order chi connectivity index (χ0) is 7.15. The molecule has 0 bridgehead atoms. The molecule has 0 unspecified atom stereocenters. The molecular weight excluding hydrogens is 176 g/mol. The molecule has 0 amide bonds. The van der Waals surface area contributed by atoms with Crippen molar-refractivity contribution in [2.45, 2.75) is 0 Å². The highest BCUT2D eigenvalue weighted by molar-refractivity contribution is 7.59. The van der Waals surface area contributed by atoms with Gasteiger partial charge in [-0.15, -0.1) is 25.3 Å². The smallest absolute Gasteiger partial charge is 0.412 e. The standard InChI is InChI=1S/2O3S.H2O/c2*1-4(2)3;/h;;1H2. The minimum Gasteiger partial charge on any atom is -0.412 e. The van der Waals surface area contributed by atoms with E-state index in [1.807, 2.05) is 0 Å². The third kappa shape index (κ3) is 304. The summed E-state index contributed by atoms with van der Waals surface area (Å²) in [5.74, 6) is 0. The molecule has 0 rings (SSSR count). The van der Waals surface area contributed by atoms with Crippen LogP contribution >= 0.6 is 0 Å². The van der Waals surface area contributed by atoms with E-state index in [-0.39, 0.29) is 5.48 Å². The van der Waals surface area contributed by atoms with Crippen molar-refractivity contribution in [3.8, 4) is 0 Å². The lowest BCUT2D eigenvalue weighted by atomic mass is 15.9. The van der Waals surface area contributed by atoms with Gasteiger partial charge in [0.15, 0.2) is 0 Å². The summed E-state index contributed by atoms with van der Waals surface area (Å²) in [7, 11) is -6.22. The Balaban J connectivity index is -0.0000000720. The second-order valence-corrected chi connectivity index (χ2v) is 1.22. The molecular formula is H2O7S2. The van der Waals surface area contributed by atoms with Crippen molar-refractivity contribution in [2.24, 2.45) is 0 Å². The predicted octanol–water partition coefficient (Wildman–Crippen LogP) is -2.83. The fourth-order valence-electron chi connectivity index (χ4n) is 0. The van der Waals surface area contributed by atoms with Crippen LogP contribution in [-0.4, -0.2) is 30.7 Å². The molecule has 56 valence electrons. The Morgan fingerprint density at radius 3 is 0.556 bits per heavy atom. The van der Waals surface area contributed by atoms with E-state index in [4.69, 9.17) is 25.3 Å². The van der Waals surface area contributed by atoms with Gasteiger partial charge in [-0.3, -0.25) is 0 Å². The number of hydrogen-bond donors (Lipinski definition) is 0. The first-order chi connectivity index (χ1) is 3.46. The molecule has 0 radical (unpaired) electrons. The second kappa shape index (κ2) is 10.2. The average Bonchev–Trinajstić information content (AvgIpc) is 1.25. The van der Waals surface area contributed by atoms with Gasteiger partial charge < -0.3 is 5.48 Å². The largest absolute Gasteiger partial charge is 0.425 e. The monoisotopic (exact) mass is 178 g/mol. The van der Waals surface area contributed by atoms with Crippen molar-refractivity contribution in [1.82, 2.24) is 0 Å². The maximum atomic E-state index is 8.44. The highest BCUT2D eigenvalue weighted by Gasteiger charge is 1.40. The lowest BCUT2D eigenvalue weighted by Crippen LogP contribution is -1.40. The molecule has 0 aromatic heterocycles. The molecule has 0 spiro atoms. The van der Waals surface area contributed by atoms with Crippen LogP contribution in [0.4, 0.5) is 0 Å². The molecule has 0 aliphatic heterocycles. The van der Waals surface area contributed by atoms with Crippen molar-refractivity contribution in [2.75, 3.05) is 0 Å². The van der Waals surface area contributed by atoms with Crippen molar-refractivity contribution >= 4 is 21.2 Å². The van der Waals surface area contributed by atoms with Gasteiger partial charge in [-0.25, -0.2) is 0 Å². The van der Waals surface area contributed by atoms with Gasteiger partial charge >= 0.3 is 21.2 Å². The Hall–Kier alpha value is -0.800. The highest BCUT2D eigenvalue weighted by atomic mass is 32.2. The van der Waals surface area contributed by atoms with Crippen LogP contribution in [0.2, 0.25) is 0 Å². The van der Waals surface area contributed by atoms with Crippen molar-refractivity contribution in [1.29, 1.82) is 0 Å². The topological polar surface area (TPSA) is 134 Å². The number of hydrogen-bond acceptors (Lipinski definition) is 6. The fraction of sp³-hybridized carbons (Fsp3) is 0. The molecule has 7 nitrogen and oxygen atoms in total. The van der Waals surface area contributed by atoms with E-state index in [9.17, 15) is 0 Å². The Morgan fingerprint density at radius 1 is 0.556 bits per heavy atom. The molecule has 2 N–H and O–H groups in total. The summed E-state index contributed by atoms with van der Waals surface area (Å²) in [5.41, 5.74) is 0. The van der Waals surface area contributed by atoms with Gasteiger partial charge in [-0.1, -0.05) is 0 Å². The van der Waals surface area contributed by atoms with Gasteiger partial charge in [0.25, 0.3) is 0 Å². The Morgan fingerprint density at radius 2 is 0.556 bits per heavy atom. The predicted molar refractivity (Wildman–Crippen MR) is 23.0 cm³/mol. The minimum atomic E-state index is -3.11. The summed E-state index contributed by atoms with van der Waals surface area (Å²) >= 11 is 0. The Kier molecular flexibility index (Phi) is 17.9. The van der Waals surface area contributed by atoms with Gasteiger partial charge in [0, 0.05) is 0 Å². The zero-order valence-corrected chi connectivity index (χ0v) is 5.40. The van der Waals surface area contributed by atoms with Crippen LogP contribution in [0.1, 0.15) is 0 Å².